The molecule has 1 aliphatic carbocycles. The van der Waals surface area contributed by atoms with Crippen molar-refractivity contribution in [1.29, 1.82) is 0 Å². The van der Waals surface area contributed by atoms with Gasteiger partial charge in [-0.05, 0) is 62.9 Å². The van der Waals surface area contributed by atoms with Crippen molar-refractivity contribution < 1.29 is 22.7 Å². The zero-order chi connectivity index (χ0) is 25.2. The number of rotatable bonds is 7. The van der Waals surface area contributed by atoms with Gasteiger partial charge in [0, 0.05) is 39.8 Å². The van der Waals surface area contributed by atoms with E-state index in [-0.39, 0.29) is 29.9 Å². The van der Waals surface area contributed by atoms with Crippen molar-refractivity contribution in [3.05, 3.63) is 58.4 Å². The second-order valence-electron chi connectivity index (χ2n) is 8.70. The van der Waals surface area contributed by atoms with E-state index in [9.17, 15) is 18.0 Å². The van der Waals surface area contributed by atoms with Crippen LogP contribution in [0.1, 0.15) is 47.4 Å². The molecule has 1 saturated carbocycles. The zero-order valence-corrected chi connectivity index (χ0v) is 20.1. The molecule has 6 nitrogen and oxygen atoms in total. The lowest BCUT2D eigenvalue weighted by Crippen LogP contribution is -2.39. The van der Waals surface area contributed by atoms with Crippen molar-refractivity contribution >= 4 is 34.0 Å². The predicted octanol–water partition coefficient (Wildman–Crippen LogP) is 5.81. The molecule has 35 heavy (non-hydrogen) atoms. The highest BCUT2D eigenvalue weighted by Crippen LogP contribution is 2.35. The van der Waals surface area contributed by atoms with Gasteiger partial charge in [-0.3, -0.25) is 4.79 Å². The third-order valence-electron chi connectivity index (χ3n) is 6.27. The molecule has 4 rings (SSSR count). The number of Topliss-reactive ketones (excluding diaryl/α,β-unsaturated/α-hetero) is 1. The lowest BCUT2D eigenvalue weighted by atomic mass is 9.90. The fraction of sp³-hybridized carbons (Fsp3) is 0.400. The molecule has 0 bridgehead atoms. The summed E-state index contributed by atoms with van der Waals surface area (Å²) in [4.78, 5) is 20.6. The molecule has 0 spiro atoms. The molecule has 2 heterocycles. The summed E-state index contributed by atoms with van der Waals surface area (Å²) in [5.41, 5.74) is 0.846. The van der Waals surface area contributed by atoms with Gasteiger partial charge >= 0.3 is 6.18 Å². The number of aryl methyl sites for hydroxylation is 1. The molecule has 0 unspecified atom stereocenters. The van der Waals surface area contributed by atoms with Crippen molar-refractivity contribution in [3.8, 4) is 5.88 Å². The first-order valence-electron chi connectivity index (χ1n) is 11.4. The first-order valence-corrected chi connectivity index (χ1v) is 11.7. The number of aromatic nitrogens is 2. The average molecular weight is 507 g/mol. The van der Waals surface area contributed by atoms with E-state index in [4.69, 9.17) is 16.3 Å². The van der Waals surface area contributed by atoms with Crippen molar-refractivity contribution in [2.75, 3.05) is 19.0 Å². The summed E-state index contributed by atoms with van der Waals surface area (Å²) in [5.74, 6) is 0.419. The molecule has 3 aromatic rings. The molecule has 2 aromatic heterocycles. The third-order valence-corrected chi connectivity index (χ3v) is 6.50. The van der Waals surface area contributed by atoms with E-state index in [1.807, 2.05) is 0 Å². The molecule has 0 aliphatic heterocycles. The fourth-order valence-electron chi connectivity index (χ4n) is 4.40. The van der Waals surface area contributed by atoms with Crippen LogP contribution in [0.5, 0.6) is 5.88 Å². The van der Waals surface area contributed by atoms with Crippen LogP contribution in [0.4, 0.5) is 18.9 Å². The van der Waals surface area contributed by atoms with Gasteiger partial charge in [0.1, 0.15) is 5.69 Å². The summed E-state index contributed by atoms with van der Waals surface area (Å²) in [6.45, 7) is 1.97. The number of nitrogens with zero attached hydrogens (tertiary/aromatic N) is 2. The Kier molecular flexibility index (Phi) is 7.47. The number of pyridine rings is 2. The molecule has 0 saturated heterocycles. The lowest BCUT2D eigenvalue weighted by molar-refractivity contribution is -0.140. The van der Waals surface area contributed by atoms with Gasteiger partial charge in [0.05, 0.1) is 24.9 Å². The number of nitrogens with one attached hydrogen (secondary N) is 2. The van der Waals surface area contributed by atoms with Gasteiger partial charge in [0.25, 0.3) is 0 Å². The molecule has 10 heteroatoms. The van der Waals surface area contributed by atoms with Gasteiger partial charge in [0.2, 0.25) is 5.88 Å². The topological polar surface area (TPSA) is 76.1 Å². The SMILES string of the molecule is COc1ccc(C(=O)CNC2CCC(Nc3cc(C(F)(F)F)nc4ccc(Cl)cc34)CC2)c(C)n1. The molecular formula is C25H26ClF3N4O2. The van der Waals surface area contributed by atoms with Crippen LogP contribution in [0.15, 0.2) is 36.4 Å². The predicted molar refractivity (Wildman–Crippen MR) is 129 cm³/mol. The van der Waals surface area contributed by atoms with E-state index in [0.29, 0.717) is 33.2 Å². The number of hydrogen-bond acceptors (Lipinski definition) is 6. The van der Waals surface area contributed by atoms with Crippen LogP contribution < -0.4 is 15.4 Å². The van der Waals surface area contributed by atoms with E-state index in [1.54, 1.807) is 25.1 Å². The Morgan fingerprint density at radius 3 is 2.46 bits per heavy atom. The molecule has 0 radical (unpaired) electrons. The first-order chi connectivity index (χ1) is 16.6. The summed E-state index contributed by atoms with van der Waals surface area (Å²) in [6.07, 6.45) is -1.46. The Morgan fingerprint density at radius 2 is 1.80 bits per heavy atom. The van der Waals surface area contributed by atoms with E-state index >= 15 is 0 Å². The number of fused-ring (bicyclic) bond motifs is 1. The van der Waals surface area contributed by atoms with Crippen LogP contribution in [0.2, 0.25) is 5.02 Å². The standard InChI is InChI=1S/C25H26ClF3N4O2/c1-14-18(8-10-24(31-14)35-2)22(34)13-30-16-4-6-17(7-5-16)32-21-12-23(25(27,28)29)33-20-9-3-15(26)11-19(20)21/h3,8-12,16-17,30H,4-7,13H2,1-2H3,(H,32,33). The lowest BCUT2D eigenvalue weighted by Gasteiger charge is -2.30. The Labute approximate surface area is 206 Å². The molecular weight excluding hydrogens is 481 g/mol. The second kappa shape index (κ2) is 10.4. The largest absolute Gasteiger partial charge is 0.481 e. The van der Waals surface area contributed by atoms with Crippen LogP contribution in [-0.2, 0) is 6.18 Å². The fourth-order valence-corrected chi connectivity index (χ4v) is 4.58. The Hall–Kier alpha value is -2.91. The van der Waals surface area contributed by atoms with Crippen molar-refractivity contribution in [1.82, 2.24) is 15.3 Å². The minimum absolute atomic E-state index is 0.00227. The normalized spacial score (nSPS) is 18.5. The van der Waals surface area contributed by atoms with Crippen molar-refractivity contribution in [3.63, 3.8) is 0 Å². The van der Waals surface area contributed by atoms with Crippen molar-refractivity contribution in [2.24, 2.45) is 0 Å². The number of carbonyl (C=O) groups excluding carboxylic acids is 1. The maximum absolute atomic E-state index is 13.4. The minimum atomic E-state index is -4.55. The number of carbonyl (C=O) groups is 1. The van der Waals surface area contributed by atoms with Crippen LogP contribution in [0.3, 0.4) is 0 Å². The Balaban J connectivity index is 1.37. The van der Waals surface area contributed by atoms with Crippen LogP contribution in [-0.4, -0.2) is 41.5 Å². The quantitative estimate of drug-likeness (QED) is 0.394. The number of hydrogen-bond donors (Lipinski definition) is 2. The van der Waals surface area contributed by atoms with E-state index in [0.717, 1.165) is 31.7 Å². The molecule has 2 N–H and O–H groups in total. The highest BCUT2D eigenvalue weighted by molar-refractivity contribution is 6.31. The summed E-state index contributed by atoms with van der Waals surface area (Å²) >= 11 is 6.09. The van der Waals surface area contributed by atoms with Crippen LogP contribution >= 0.6 is 11.6 Å². The number of alkyl halides is 3. The van der Waals surface area contributed by atoms with Crippen LogP contribution in [0.25, 0.3) is 10.9 Å². The summed E-state index contributed by atoms with van der Waals surface area (Å²) < 4.78 is 45.2. The number of benzene rings is 1. The Morgan fingerprint density at radius 1 is 1.09 bits per heavy atom. The maximum Gasteiger partial charge on any atom is 0.433 e. The number of anilines is 1. The first kappa shape index (κ1) is 25.2. The van der Waals surface area contributed by atoms with Gasteiger partial charge < -0.3 is 15.4 Å². The van der Waals surface area contributed by atoms with Crippen LogP contribution in [0, 0.1) is 6.92 Å². The molecule has 1 fully saturated rings. The highest BCUT2D eigenvalue weighted by atomic mass is 35.5. The van der Waals surface area contributed by atoms with Gasteiger partial charge in [0.15, 0.2) is 5.78 Å². The van der Waals surface area contributed by atoms with Gasteiger partial charge in [-0.2, -0.15) is 13.2 Å². The smallest absolute Gasteiger partial charge is 0.433 e. The highest BCUT2D eigenvalue weighted by Gasteiger charge is 2.34. The average Bonchev–Trinajstić information content (AvgIpc) is 2.82. The minimum Gasteiger partial charge on any atom is -0.481 e. The maximum atomic E-state index is 13.4. The van der Waals surface area contributed by atoms with Crippen molar-refractivity contribution in [2.45, 2.75) is 50.9 Å². The van der Waals surface area contributed by atoms with E-state index < -0.39 is 11.9 Å². The number of ether oxygens (including phenoxy) is 1. The van der Waals surface area contributed by atoms with Gasteiger partial charge in [-0.1, -0.05) is 11.6 Å². The van der Waals surface area contributed by atoms with Gasteiger partial charge in [-0.15, -0.1) is 0 Å². The number of ketones is 1. The second-order valence-corrected chi connectivity index (χ2v) is 9.13. The summed E-state index contributed by atoms with van der Waals surface area (Å²) in [6, 6.07) is 9.23. The van der Waals surface area contributed by atoms with E-state index in [2.05, 4.69) is 20.6 Å². The Bertz CT molecular complexity index is 1230. The number of methoxy groups -OCH3 is 1. The molecule has 0 amide bonds. The summed E-state index contributed by atoms with van der Waals surface area (Å²) in [7, 11) is 1.53. The third kappa shape index (κ3) is 6.02. The molecule has 186 valence electrons. The number of halogens is 4. The zero-order valence-electron chi connectivity index (χ0n) is 19.4. The summed E-state index contributed by atoms with van der Waals surface area (Å²) in [5, 5.41) is 7.58. The molecule has 0 atom stereocenters. The monoisotopic (exact) mass is 506 g/mol. The van der Waals surface area contributed by atoms with Gasteiger partial charge in [-0.25, -0.2) is 9.97 Å². The van der Waals surface area contributed by atoms with E-state index in [1.165, 1.54) is 19.2 Å². The molecule has 1 aromatic carbocycles. The molecule has 1 aliphatic rings.